The maximum Gasteiger partial charge on any atom is 0.267 e. The number of carbonyl (C=O) groups is 1. The minimum Gasteiger partial charge on any atom is -0.378 e. The van der Waals surface area contributed by atoms with Gasteiger partial charge in [-0.15, -0.1) is 0 Å². The molecule has 2 aromatic carbocycles. The summed E-state index contributed by atoms with van der Waals surface area (Å²) < 4.78 is 36.4. The lowest BCUT2D eigenvalue weighted by Gasteiger charge is -2.29. The second-order valence-electron chi connectivity index (χ2n) is 7.51. The van der Waals surface area contributed by atoms with Crippen LogP contribution in [0.5, 0.6) is 0 Å². The average molecular weight is 438 g/mol. The molecule has 10 heteroatoms. The van der Waals surface area contributed by atoms with Crippen molar-refractivity contribution in [2.24, 2.45) is 5.84 Å². The monoisotopic (exact) mass is 438 g/mol. The fourth-order valence-corrected chi connectivity index (χ4v) is 4.20. The van der Waals surface area contributed by atoms with Crippen LogP contribution in [-0.2, 0) is 4.74 Å². The highest BCUT2D eigenvalue weighted by Crippen LogP contribution is 2.33. The number of amides is 1. The highest BCUT2D eigenvalue weighted by Gasteiger charge is 2.23. The van der Waals surface area contributed by atoms with Crippen LogP contribution in [0.4, 0.5) is 14.5 Å². The summed E-state index contributed by atoms with van der Waals surface area (Å²) in [5, 5.41) is 0.0384. The van der Waals surface area contributed by atoms with E-state index in [0.717, 1.165) is 17.8 Å². The number of aromatic nitrogens is 3. The summed E-state index contributed by atoms with van der Waals surface area (Å²) in [5.41, 5.74) is 4.52. The number of hydrazine groups is 1. The number of hydrogen-bond acceptors (Lipinski definition) is 6. The number of nitrogens with two attached hydrogens (primary N) is 1. The summed E-state index contributed by atoms with van der Waals surface area (Å²) in [6.07, 6.45) is 1.42. The molecule has 0 aliphatic carbocycles. The summed E-state index contributed by atoms with van der Waals surface area (Å²) in [4.78, 5) is 23.3. The standard InChI is InChI=1S/C22H20F2N6O2/c1-12-27-20-14(22(31)28-25)10-13(29-6-8-32-9-7-29)11-18(20)30(12)17-4-5-26-21-16(24)3-2-15(23)19(17)21/h2-5,10-11H,6-9,25H2,1H3,(H,28,31). The number of benzene rings is 2. The first-order valence-electron chi connectivity index (χ1n) is 10.1. The zero-order chi connectivity index (χ0) is 22.4. The molecule has 0 unspecified atom stereocenters. The lowest BCUT2D eigenvalue weighted by atomic mass is 10.1. The third-order valence-electron chi connectivity index (χ3n) is 5.68. The normalized spacial score (nSPS) is 14.3. The number of anilines is 1. The molecule has 0 saturated carbocycles. The summed E-state index contributed by atoms with van der Waals surface area (Å²) in [6.45, 7) is 4.17. The van der Waals surface area contributed by atoms with Gasteiger partial charge in [0.05, 0.1) is 35.4 Å². The number of hydrogen-bond donors (Lipinski definition) is 2. The van der Waals surface area contributed by atoms with Crippen LogP contribution in [0.25, 0.3) is 27.6 Å². The van der Waals surface area contributed by atoms with Crippen molar-refractivity contribution in [2.45, 2.75) is 6.92 Å². The quantitative estimate of drug-likeness (QED) is 0.290. The molecule has 1 amide bonds. The van der Waals surface area contributed by atoms with Crippen LogP contribution in [0, 0.1) is 18.6 Å². The molecular formula is C22H20F2N6O2. The van der Waals surface area contributed by atoms with Crippen molar-refractivity contribution in [1.82, 2.24) is 20.0 Å². The van der Waals surface area contributed by atoms with Crippen molar-refractivity contribution < 1.29 is 18.3 Å². The molecule has 164 valence electrons. The smallest absolute Gasteiger partial charge is 0.267 e. The van der Waals surface area contributed by atoms with E-state index in [1.165, 1.54) is 6.20 Å². The lowest BCUT2D eigenvalue weighted by molar-refractivity contribution is 0.0955. The second kappa shape index (κ2) is 7.81. The number of halogens is 2. The van der Waals surface area contributed by atoms with Gasteiger partial charge in [0.2, 0.25) is 0 Å². The van der Waals surface area contributed by atoms with Crippen molar-refractivity contribution in [3.63, 3.8) is 0 Å². The van der Waals surface area contributed by atoms with Gasteiger partial charge in [-0.3, -0.25) is 19.8 Å². The molecule has 5 rings (SSSR count). The minimum atomic E-state index is -0.623. The van der Waals surface area contributed by atoms with Crippen molar-refractivity contribution in [1.29, 1.82) is 0 Å². The Morgan fingerprint density at radius 3 is 2.62 bits per heavy atom. The van der Waals surface area contributed by atoms with Gasteiger partial charge in [-0.05, 0) is 37.3 Å². The largest absolute Gasteiger partial charge is 0.378 e. The Morgan fingerprint density at radius 2 is 1.88 bits per heavy atom. The summed E-state index contributed by atoms with van der Waals surface area (Å²) in [6, 6.07) is 7.34. The van der Waals surface area contributed by atoms with Gasteiger partial charge < -0.3 is 9.64 Å². The molecule has 2 aromatic heterocycles. The van der Waals surface area contributed by atoms with Gasteiger partial charge in [0.25, 0.3) is 5.91 Å². The van der Waals surface area contributed by atoms with Crippen LogP contribution in [0.15, 0.2) is 36.5 Å². The van der Waals surface area contributed by atoms with E-state index in [0.29, 0.717) is 54.4 Å². The first-order valence-corrected chi connectivity index (χ1v) is 10.1. The summed E-state index contributed by atoms with van der Waals surface area (Å²) >= 11 is 0. The van der Waals surface area contributed by atoms with Crippen LogP contribution in [0.1, 0.15) is 16.2 Å². The molecule has 4 aromatic rings. The van der Waals surface area contributed by atoms with E-state index in [4.69, 9.17) is 10.6 Å². The van der Waals surface area contributed by atoms with Crippen LogP contribution >= 0.6 is 0 Å². The van der Waals surface area contributed by atoms with Crippen LogP contribution in [0.3, 0.4) is 0 Å². The van der Waals surface area contributed by atoms with Crippen molar-refractivity contribution >= 4 is 33.5 Å². The summed E-state index contributed by atoms with van der Waals surface area (Å²) in [5.74, 6) is 4.21. The lowest BCUT2D eigenvalue weighted by Crippen LogP contribution is -2.36. The number of aryl methyl sites for hydroxylation is 1. The van der Waals surface area contributed by atoms with E-state index >= 15 is 0 Å². The predicted molar refractivity (Wildman–Crippen MR) is 116 cm³/mol. The molecule has 32 heavy (non-hydrogen) atoms. The number of nitrogen functional groups attached to an aromatic ring is 1. The molecule has 1 fully saturated rings. The van der Waals surface area contributed by atoms with Crippen LogP contribution in [-0.4, -0.2) is 46.7 Å². The molecule has 0 spiro atoms. The molecule has 1 saturated heterocycles. The van der Waals surface area contributed by atoms with E-state index < -0.39 is 17.5 Å². The fourth-order valence-electron chi connectivity index (χ4n) is 4.20. The molecule has 0 bridgehead atoms. The molecule has 0 radical (unpaired) electrons. The third-order valence-corrected chi connectivity index (χ3v) is 5.68. The molecule has 0 atom stereocenters. The summed E-state index contributed by atoms with van der Waals surface area (Å²) in [7, 11) is 0. The van der Waals surface area contributed by atoms with Crippen LogP contribution < -0.4 is 16.2 Å². The van der Waals surface area contributed by atoms with Gasteiger partial charge in [-0.2, -0.15) is 0 Å². The zero-order valence-electron chi connectivity index (χ0n) is 17.2. The number of rotatable bonds is 3. The van der Waals surface area contributed by atoms with Gasteiger partial charge in [0, 0.05) is 25.0 Å². The van der Waals surface area contributed by atoms with Gasteiger partial charge in [-0.25, -0.2) is 19.6 Å². The minimum absolute atomic E-state index is 0.0384. The Kier molecular flexibility index (Phi) is 4.95. The van der Waals surface area contributed by atoms with Crippen molar-refractivity contribution in [2.75, 3.05) is 31.2 Å². The number of nitrogens with zero attached hydrogens (tertiary/aromatic N) is 4. The number of carbonyl (C=O) groups excluding carboxylic acids is 1. The van der Waals surface area contributed by atoms with E-state index in [2.05, 4.69) is 20.3 Å². The Hall–Kier alpha value is -3.63. The maximum absolute atomic E-state index is 14.8. The zero-order valence-corrected chi connectivity index (χ0v) is 17.2. The Morgan fingerprint density at radius 1 is 1.12 bits per heavy atom. The Balaban J connectivity index is 1.83. The van der Waals surface area contributed by atoms with E-state index in [1.807, 2.05) is 6.07 Å². The first kappa shape index (κ1) is 20.3. The average Bonchev–Trinajstić information content (AvgIpc) is 3.16. The Labute approximate surface area is 181 Å². The highest BCUT2D eigenvalue weighted by atomic mass is 19.1. The van der Waals surface area contributed by atoms with Crippen molar-refractivity contribution in [3.05, 3.63) is 59.6 Å². The van der Waals surface area contributed by atoms with Crippen LogP contribution in [0.2, 0.25) is 0 Å². The highest BCUT2D eigenvalue weighted by molar-refractivity contribution is 6.07. The molecular weight excluding hydrogens is 418 g/mol. The molecule has 8 nitrogen and oxygen atoms in total. The molecule has 1 aliphatic heterocycles. The first-order chi connectivity index (χ1) is 15.5. The Bertz CT molecular complexity index is 1360. The second-order valence-corrected chi connectivity index (χ2v) is 7.51. The number of nitrogens with one attached hydrogen (secondary N) is 1. The van der Waals surface area contributed by atoms with E-state index in [1.54, 1.807) is 23.6 Å². The number of ether oxygens (including phenoxy) is 1. The fraction of sp³-hybridized carbons (Fsp3) is 0.227. The van der Waals surface area contributed by atoms with E-state index in [-0.39, 0.29) is 10.9 Å². The van der Waals surface area contributed by atoms with Gasteiger partial charge in [0.15, 0.2) is 0 Å². The molecule has 3 heterocycles. The topological polar surface area (TPSA) is 98.3 Å². The SMILES string of the molecule is Cc1nc2c(C(=O)NN)cc(N3CCOCC3)cc2n1-c1ccnc2c(F)ccc(F)c12. The van der Waals surface area contributed by atoms with E-state index in [9.17, 15) is 13.6 Å². The predicted octanol–water partition coefficient (Wildman–Crippen LogP) is 2.60. The van der Waals surface area contributed by atoms with Gasteiger partial charge in [0.1, 0.15) is 28.5 Å². The number of fused-ring (bicyclic) bond motifs is 2. The van der Waals surface area contributed by atoms with Crippen molar-refractivity contribution in [3.8, 4) is 5.69 Å². The molecule has 1 aliphatic rings. The molecule has 3 N–H and O–H groups in total. The number of morpholine rings is 1. The number of pyridine rings is 1. The van der Waals surface area contributed by atoms with Gasteiger partial charge in [-0.1, -0.05) is 0 Å². The van der Waals surface area contributed by atoms with Gasteiger partial charge >= 0.3 is 0 Å². The maximum atomic E-state index is 14.8. The third kappa shape index (κ3) is 3.15. The number of imidazole rings is 1.